The van der Waals surface area contributed by atoms with Gasteiger partial charge in [0.1, 0.15) is 70.6 Å². The molecule has 0 aromatic heterocycles. The number of likely N-dealkylation sites (tertiary alicyclic amines) is 1. The van der Waals surface area contributed by atoms with Crippen LogP contribution in [-0.4, -0.2) is 247 Å². The Hall–Kier alpha value is -11.5. The van der Waals surface area contributed by atoms with Gasteiger partial charge in [0.2, 0.25) is 23.6 Å². The number of rotatable bonds is 42. The van der Waals surface area contributed by atoms with Gasteiger partial charge in [-0.3, -0.25) is 38.4 Å². The van der Waals surface area contributed by atoms with E-state index in [1.807, 2.05) is 65.4 Å². The van der Waals surface area contributed by atoms with Crippen molar-refractivity contribution in [2.75, 3.05) is 146 Å². The Balaban J connectivity index is 0.000000159. The fourth-order valence-electron chi connectivity index (χ4n) is 20.0. The molecule has 8 aromatic rings. The molecule has 4 saturated heterocycles. The molecule has 23 nitrogen and oxygen atoms in total. The zero-order valence-electron chi connectivity index (χ0n) is 83.2. The van der Waals surface area contributed by atoms with Crippen LogP contribution in [0.1, 0.15) is 236 Å². The molecule has 5 N–H and O–H groups in total. The van der Waals surface area contributed by atoms with Gasteiger partial charge in [-0.05, 0) is 331 Å². The van der Waals surface area contributed by atoms with Crippen LogP contribution in [0, 0.1) is 57.6 Å². The van der Waals surface area contributed by atoms with E-state index in [-0.39, 0.29) is 65.3 Å². The number of nitrogens with zero attached hydrogens (tertiary/aromatic N) is 6. The minimum absolute atomic E-state index is 0.0129. The van der Waals surface area contributed by atoms with Crippen molar-refractivity contribution >= 4 is 47.3 Å². The van der Waals surface area contributed by atoms with E-state index in [0.717, 1.165) is 166 Å². The highest BCUT2D eigenvalue weighted by atomic mass is 19.1. The van der Waals surface area contributed by atoms with Gasteiger partial charge in [-0.2, -0.15) is 0 Å². The van der Waals surface area contributed by atoms with Crippen molar-refractivity contribution < 1.29 is 83.6 Å². The average molecular weight is 1960 g/mol. The quantitative estimate of drug-likeness (QED) is 0.0176. The monoisotopic (exact) mass is 1960 g/mol. The van der Waals surface area contributed by atoms with Crippen LogP contribution in [0.3, 0.4) is 0 Å². The van der Waals surface area contributed by atoms with Crippen molar-refractivity contribution in [3.05, 3.63) is 274 Å². The van der Waals surface area contributed by atoms with Crippen LogP contribution in [0.4, 0.5) is 26.3 Å². The van der Waals surface area contributed by atoms with Crippen molar-refractivity contribution in [2.45, 2.75) is 197 Å². The summed E-state index contributed by atoms with van der Waals surface area (Å²) >= 11 is 0. The number of nitrogens with one attached hydrogen (secondary N) is 5. The van der Waals surface area contributed by atoms with E-state index < -0.39 is 47.6 Å². The summed E-state index contributed by atoms with van der Waals surface area (Å²) in [5.41, 5.74) is 7.15. The Kier molecular flexibility index (Phi) is 40.4. The topological polar surface area (TPSA) is 253 Å². The number of piperidine rings is 1. The third-order valence-corrected chi connectivity index (χ3v) is 29.5. The second-order valence-electron chi connectivity index (χ2n) is 40.2. The first kappa shape index (κ1) is 108. The lowest BCUT2D eigenvalue weighted by atomic mass is 9.94. The summed E-state index contributed by atoms with van der Waals surface area (Å²) in [5, 5.41) is 14.8. The molecule has 4 aliphatic carbocycles. The first-order valence-electron chi connectivity index (χ1n) is 51.0. The number of likely N-dealkylation sites (N-methyl/N-ethyl adjacent to an activating group) is 2. The van der Waals surface area contributed by atoms with Crippen molar-refractivity contribution in [3.8, 4) is 11.5 Å². The molecular weight excluding hydrogens is 1820 g/mol. The molecule has 16 rings (SSSR count). The summed E-state index contributed by atoms with van der Waals surface area (Å²) < 4.78 is 101. The molecule has 4 unspecified atom stereocenters. The van der Waals surface area contributed by atoms with Crippen molar-refractivity contribution in [1.82, 2.24) is 56.0 Å². The summed E-state index contributed by atoms with van der Waals surface area (Å²) in [5.74, 6) is 1.30. The Morgan fingerprint density at radius 1 is 0.366 bits per heavy atom. The van der Waals surface area contributed by atoms with Gasteiger partial charge in [-0.25, -0.2) is 26.3 Å². The van der Waals surface area contributed by atoms with Gasteiger partial charge in [-0.1, -0.05) is 101 Å². The maximum absolute atomic E-state index is 13.3. The molecular formula is C113H143F6N11O12. The maximum atomic E-state index is 13.3. The minimum Gasteiger partial charge on any atom is -0.497 e. The number of benzene rings is 8. The van der Waals surface area contributed by atoms with Gasteiger partial charge in [0.25, 0.3) is 23.6 Å². The summed E-state index contributed by atoms with van der Waals surface area (Å²) in [7, 11) is 7.44. The molecule has 8 aliphatic rings. The lowest BCUT2D eigenvalue weighted by Gasteiger charge is -2.34. The number of ether oxygens (including phenoxy) is 4. The highest BCUT2D eigenvalue weighted by Crippen LogP contribution is 2.63. The van der Waals surface area contributed by atoms with E-state index in [2.05, 4.69) is 81.5 Å². The van der Waals surface area contributed by atoms with Crippen LogP contribution in [0.25, 0.3) is 0 Å². The first-order chi connectivity index (χ1) is 68.6. The van der Waals surface area contributed by atoms with Crippen LogP contribution in [0.5, 0.6) is 11.5 Å². The van der Waals surface area contributed by atoms with Crippen LogP contribution in [0.2, 0.25) is 0 Å². The van der Waals surface area contributed by atoms with Crippen molar-refractivity contribution in [1.29, 1.82) is 0 Å². The summed E-state index contributed by atoms with van der Waals surface area (Å²) in [6, 6.07) is 49.1. The summed E-state index contributed by atoms with van der Waals surface area (Å²) in [6.45, 7) is 15.6. The number of methoxy groups -OCH3 is 2. The molecule has 4 aliphatic heterocycles. The minimum atomic E-state index is -0.802. The number of piperazine rings is 2. The average Bonchev–Trinajstić information content (AvgIpc) is 1.60. The molecule has 142 heavy (non-hydrogen) atoms. The SMILES string of the molecule is CN1CCN(C(=O)[C@H](COCCCC2C[C@H]2c2ccc(F)cc2)NC(=O)c2ccc(F)cc2)CC1.COc1ccc([C@@H]2CC2(C)CCCCC[C@H](NC(=O)c2ccc(F)cc2)C(=O)N2CCCCC2)cc1.COc1ccc([C@@H]2CC2(C)CCCCC[C@H](NC(=O)c2ccc(F)cc2)C(=O)N2CCN(C)CC2)cc1.O=C(N[C@@H](CNCCCC1C[C@H]1c1ccc(F)cc1)C(=O)N1CCOCC1)c1ccc(F)cc1. The lowest BCUT2D eigenvalue weighted by Crippen LogP contribution is -2.55. The Morgan fingerprint density at radius 2 is 0.690 bits per heavy atom. The predicted octanol–water partition coefficient (Wildman–Crippen LogP) is 17.5. The van der Waals surface area contributed by atoms with Gasteiger partial charge in [0.15, 0.2) is 0 Å². The number of carbonyl (C=O) groups is 8. The standard InChI is InChI=1S/C30H40FN3O3.C30H39FN2O3.C27H33F2N3O3.C26H31F2N3O3/c1-30(21-26(30)22-10-14-25(37-3)15-11-22)16-6-4-5-7-27(29(36)34-19-17-33(2)18-20-34)32-28(35)23-8-12-24(31)13-9-23;1-30(21-26(30)22-12-16-25(36-2)17-13-22)18-6-3-5-9-27(29(35)33-19-7-4-8-20-33)32-28(34)23-10-14-24(31)15-11-23;1-31-12-14-32(15-13-31)27(34)25(30-26(33)20-6-10-23(29)11-7-20)18-35-16-2-3-21-17-24(21)19-4-8-22(28)9-5-19;27-21-7-3-18(4-8-21)23-16-20(23)2-1-11-29-17-24(26(33)31-12-14-34-15-13-31)30-25(32)19-5-9-22(28)10-6-19/h8-15,26-27H,4-7,16-21H2,1-3H3,(H,32,35);10-17,26-27H,3-9,18-21H2,1-2H3,(H,32,34);4-11,21,24-25H,2-3,12-18H2,1H3,(H,30,33);3-10,20,23-24,29H,1-2,11-17H2,(H,30,32)/t2*26-,27-,30?;21?,24-,25-;20?,23-,24-/m0000/s1. The third kappa shape index (κ3) is 32.8. The molecule has 0 spiro atoms. The van der Waals surface area contributed by atoms with Crippen molar-refractivity contribution in [3.63, 3.8) is 0 Å². The molecule has 12 atom stereocenters. The van der Waals surface area contributed by atoms with Gasteiger partial charge in [0.05, 0.1) is 34.0 Å². The molecule has 764 valence electrons. The Labute approximate surface area is 833 Å². The summed E-state index contributed by atoms with van der Waals surface area (Å²) in [4.78, 5) is 115. The normalized spacial score (nSPS) is 21.5. The summed E-state index contributed by atoms with van der Waals surface area (Å²) in [6.07, 6.45) is 21.2. The van der Waals surface area contributed by atoms with E-state index in [9.17, 15) is 64.7 Å². The van der Waals surface area contributed by atoms with Gasteiger partial charge in [0, 0.05) is 114 Å². The molecule has 0 bridgehead atoms. The number of hydrogen-bond donors (Lipinski definition) is 5. The van der Waals surface area contributed by atoms with E-state index >= 15 is 0 Å². The fraction of sp³-hybridized carbons (Fsp3) is 0.504. The lowest BCUT2D eigenvalue weighted by molar-refractivity contribution is -0.137. The second kappa shape index (κ2) is 53.2. The zero-order valence-corrected chi connectivity index (χ0v) is 83.2. The first-order valence-corrected chi connectivity index (χ1v) is 51.0. The molecule has 29 heteroatoms. The largest absolute Gasteiger partial charge is 0.497 e. The van der Waals surface area contributed by atoms with E-state index in [0.29, 0.717) is 147 Å². The number of halogens is 6. The maximum Gasteiger partial charge on any atom is 0.251 e. The van der Waals surface area contributed by atoms with Crippen LogP contribution in [-0.2, 0) is 28.7 Å². The molecule has 8 fully saturated rings. The highest BCUT2D eigenvalue weighted by molar-refractivity contribution is 6.00. The number of carbonyl (C=O) groups excluding carboxylic acids is 8. The van der Waals surface area contributed by atoms with E-state index in [1.54, 1.807) is 24.0 Å². The molecule has 4 heterocycles. The predicted molar refractivity (Wildman–Crippen MR) is 536 cm³/mol. The Morgan fingerprint density at radius 3 is 1.07 bits per heavy atom. The van der Waals surface area contributed by atoms with Gasteiger partial charge in [-0.15, -0.1) is 0 Å². The molecule has 8 aromatic carbocycles. The number of amides is 8. The molecule has 4 saturated carbocycles. The number of unbranched alkanes of at least 4 members (excludes halogenated alkanes) is 4. The second-order valence-corrected chi connectivity index (χ2v) is 40.2. The Bertz CT molecular complexity index is 5340. The van der Waals surface area contributed by atoms with Crippen LogP contribution in [0.15, 0.2) is 194 Å². The molecule has 8 amide bonds. The molecule has 0 radical (unpaired) electrons. The smallest absolute Gasteiger partial charge is 0.251 e. The van der Waals surface area contributed by atoms with Gasteiger partial charge < -0.3 is 74.9 Å². The van der Waals surface area contributed by atoms with E-state index in [4.69, 9.17) is 18.9 Å². The number of hydrogen-bond acceptors (Lipinski definition) is 15. The van der Waals surface area contributed by atoms with Gasteiger partial charge >= 0.3 is 0 Å². The number of morpholine rings is 1. The van der Waals surface area contributed by atoms with Crippen molar-refractivity contribution in [2.24, 2.45) is 22.7 Å². The fourth-order valence-corrected chi connectivity index (χ4v) is 20.0. The van der Waals surface area contributed by atoms with Crippen LogP contribution < -0.4 is 36.1 Å². The van der Waals surface area contributed by atoms with E-state index in [1.165, 1.54) is 156 Å². The zero-order chi connectivity index (χ0) is 101. The van der Waals surface area contributed by atoms with Crippen LogP contribution >= 0.6 is 0 Å². The third-order valence-electron chi connectivity index (χ3n) is 29.5. The highest BCUT2D eigenvalue weighted by Gasteiger charge is 2.51.